The van der Waals surface area contributed by atoms with Crippen molar-refractivity contribution in [2.75, 3.05) is 45.1 Å². The van der Waals surface area contributed by atoms with E-state index in [-0.39, 0.29) is 17.7 Å². The van der Waals surface area contributed by atoms with Gasteiger partial charge in [0, 0.05) is 43.0 Å². The third-order valence-corrected chi connectivity index (χ3v) is 7.22. The van der Waals surface area contributed by atoms with Crippen LogP contribution >= 0.6 is 11.3 Å². The maximum atomic E-state index is 13.4. The first-order chi connectivity index (χ1) is 15.1. The van der Waals surface area contributed by atoms with E-state index < -0.39 is 0 Å². The number of rotatable bonds is 3. The Bertz CT molecular complexity index is 1120. The van der Waals surface area contributed by atoms with E-state index in [4.69, 9.17) is 10.5 Å². The van der Waals surface area contributed by atoms with Crippen LogP contribution in [-0.2, 0) is 4.74 Å². The second-order valence-electron chi connectivity index (χ2n) is 7.95. The predicted octanol–water partition coefficient (Wildman–Crippen LogP) is 2.98. The summed E-state index contributed by atoms with van der Waals surface area (Å²) in [5, 5.41) is 1.12. The second-order valence-corrected chi connectivity index (χ2v) is 9.01. The molecule has 2 aromatic heterocycles. The summed E-state index contributed by atoms with van der Waals surface area (Å²) in [7, 11) is 0. The van der Waals surface area contributed by atoms with Crippen LogP contribution in [0.1, 0.15) is 37.9 Å². The first kappa shape index (κ1) is 20.0. The first-order valence-corrected chi connectivity index (χ1v) is 11.3. The van der Waals surface area contributed by atoms with Crippen LogP contribution in [0.2, 0.25) is 0 Å². The SMILES string of the molecule is Nc1ccc(C(=O)N2CC[C@H](c3c(C(=O)N4CCOCC4)sc4ccccc34)C2)cn1. The number of nitrogens with two attached hydrogens (primary N) is 1. The zero-order valence-corrected chi connectivity index (χ0v) is 17.9. The Labute approximate surface area is 184 Å². The van der Waals surface area contributed by atoms with Gasteiger partial charge in [0.2, 0.25) is 0 Å². The van der Waals surface area contributed by atoms with Crippen LogP contribution in [-0.4, -0.2) is 66.0 Å². The van der Waals surface area contributed by atoms with Gasteiger partial charge >= 0.3 is 0 Å². The molecule has 4 heterocycles. The van der Waals surface area contributed by atoms with Crippen LogP contribution in [0.5, 0.6) is 0 Å². The van der Waals surface area contributed by atoms with Crippen LogP contribution in [0, 0.1) is 0 Å². The van der Waals surface area contributed by atoms with Crippen LogP contribution < -0.4 is 5.73 Å². The Morgan fingerprint density at radius 2 is 1.84 bits per heavy atom. The molecule has 2 amide bonds. The fourth-order valence-electron chi connectivity index (χ4n) is 4.43. The zero-order valence-electron chi connectivity index (χ0n) is 17.1. The van der Waals surface area contributed by atoms with Crippen LogP contribution in [0.25, 0.3) is 10.1 Å². The van der Waals surface area contributed by atoms with Crippen molar-refractivity contribution in [1.82, 2.24) is 14.8 Å². The number of anilines is 1. The number of pyridine rings is 1. The molecule has 8 heteroatoms. The van der Waals surface area contributed by atoms with Crippen molar-refractivity contribution in [1.29, 1.82) is 0 Å². The number of fused-ring (bicyclic) bond motifs is 1. The number of morpholine rings is 1. The van der Waals surface area contributed by atoms with Gasteiger partial charge in [-0.25, -0.2) is 4.98 Å². The van der Waals surface area contributed by atoms with E-state index in [1.165, 1.54) is 6.20 Å². The highest BCUT2D eigenvalue weighted by atomic mass is 32.1. The average molecular weight is 437 g/mol. The number of ether oxygens (including phenoxy) is 1. The molecule has 2 N–H and O–H groups in total. The molecule has 160 valence electrons. The fourth-order valence-corrected chi connectivity index (χ4v) is 5.69. The van der Waals surface area contributed by atoms with Gasteiger partial charge in [0.15, 0.2) is 0 Å². The van der Waals surface area contributed by atoms with Crippen molar-refractivity contribution < 1.29 is 14.3 Å². The molecule has 5 rings (SSSR count). The summed E-state index contributed by atoms with van der Waals surface area (Å²) in [4.78, 5) is 34.9. The summed E-state index contributed by atoms with van der Waals surface area (Å²) in [6.45, 7) is 3.63. The average Bonchev–Trinajstić information content (AvgIpc) is 3.44. The van der Waals surface area contributed by atoms with Gasteiger partial charge in [-0.15, -0.1) is 11.3 Å². The lowest BCUT2D eigenvalue weighted by Gasteiger charge is -2.27. The van der Waals surface area contributed by atoms with Gasteiger partial charge in [-0.2, -0.15) is 0 Å². The molecule has 0 spiro atoms. The highest BCUT2D eigenvalue weighted by Crippen LogP contribution is 2.41. The smallest absolute Gasteiger partial charge is 0.264 e. The van der Waals surface area contributed by atoms with Crippen LogP contribution in [0.4, 0.5) is 5.82 Å². The maximum Gasteiger partial charge on any atom is 0.264 e. The van der Waals surface area contributed by atoms with Crippen molar-refractivity contribution in [3.8, 4) is 0 Å². The highest BCUT2D eigenvalue weighted by Gasteiger charge is 2.34. The normalized spacial score (nSPS) is 19.2. The summed E-state index contributed by atoms with van der Waals surface area (Å²) < 4.78 is 6.53. The summed E-state index contributed by atoms with van der Waals surface area (Å²) in [5.74, 6) is 0.552. The van der Waals surface area contributed by atoms with Gasteiger partial charge in [-0.3, -0.25) is 9.59 Å². The van der Waals surface area contributed by atoms with Gasteiger partial charge < -0.3 is 20.3 Å². The van der Waals surface area contributed by atoms with Crippen LogP contribution in [0.15, 0.2) is 42.6 Å². The number of nitrogens with zero attached hydrogens (tertiary/aromatic N) is 3. The lowest BCUT2D eigenvalue weighted by atomic mass is 9.94. The molecule has 0 saturated carbocycles. The number of hydrogen-bond acceptors (Lipinski definition) is 6. The second kappa shape index (κ2) is 8.28. The lowest BCUT2D eigenvalue weighted by Crippen LogP contribution is -2.40. The lowest BCUT2D eigenvalue weighted by molar-refractivity contribution is 0.0305. The van der Waals surface area contributed by atoms with Gasteiger partial charge in [0.25, 0.3) is 11.8 Å². The molecular weight excluding hydrogens is 412 g/mol. The first-order valence-electron chi connectivity index (χ1n) is 10.5. The molecule has 0 unspecified atom stereocenters. The molecule has 2 aliphatic heterocycles. The number of amides is 2. The maximum absolute atomic E-state index is 13.4. The van der Waals surface area contributed by atoms with E-state index in [2.05, 4.69) is 17.1 Å². The standard InChI is InChI=1S/C23H24N4O3S/c24-19-6-5-15(13-25-19)22(28)27-8-7-16(14-27)20-17-3-1-2-4-18(17)31-21(20)23(29)26-9-11-30-12-10-26/h1-6,13,16H,7-12,14H2,(H2,24,25)/t16-/m0/s1. The van der Waals surface area contributed by atoms with E-state index in [1.807, 2.05) is 21.9 Å². The molecule has 0 bridgehead atoms. The number of likely N-dealkylation sites (tertiary alicyclic amines) is 1. The largest absolute Gasteiger partial charge is 0.384 e. The van der Waals surface area contributed by atoms with Crippen molar-refractivity contribution in [3.05, 3.63) is 58.6 Å². The Hall–Kier alpha value is -2.97. The molecule has 2 aliphatic rings. The molecule has 2 saturated heterocycles. The van der Waals surface area contributed by atoms with Crippen molar-refractivity contribution in [2.24, 2.45) is 0 Å². The van der Waals surface area contributed by atoms with Crippen molar-refractivity contribution in [3.63, 3.8) is 0 Å². The summed E-state index contributed by atoms with van der Waals surface area (Å²) in [5.41, 5.74) is 7.27. The minimum atomic E-state index is -0.0457. The summed E-state index contributed by atoms with van der Waals surface area (Å²) in [6.07, 6.45) is 2.36. The molecule has 3 aromatic rings. The number of carbonyl (C=O) groups is 2. The molecule has 1 atom stereocenters. The number of carbonyl (C=O) groups excluding carboxylic acids is 2. The Balaban J connectivity index is 1.45. The number of aromatic nitrogens is 1. The van der Waals surface area contributed by atoms with Crippen molar-refractivity contribution in [2.45, 2.75) is 12.3 Å². The zero-order chi connectivity index (χ0) is 21.4. The topological polar surface area (TPSA) is 88.8 Å². The van der Waals surface area contributed by atoms with Gasteiger partial charge in [-0.05, 0) is 35.6 Å². The Morgan fingerprint density at radius 1 is 1.03 bits per heavy atom. The minimum Gasteiger partial charge on any atom is -0.384 e. The molecule has 2 fully saturated rings. The summed E-state index contributed by atoms with van der Waals surface area (Å²) >= 11 is 1.56. The van der Waals surface area contributed by atoms with Gasteiger partial charge in [0.05, 0.1) is 23.7 Å². The molecule has 1 aromatic carbocycles. The van der Waals surface area contributed by atoms with Gasteiger partial charge in [-0.1, -0.05) is 18.2 Å². The van der Waals surface area contributed by atoms with Crippen LogP contribution in [0.3, 0.4) is 0 Å². The van der Waals surface area contributed by atoms with E-state index in [1.54, 1.807) is 23.5 Å². The molecule has 0 aliphatic carbocycles. The van der Waals surface area contributed by atoms with E-state index >= 15 is 0 Å². The molecular formula is C23H24N4O3S. The summed E-state index contributed by atoms with van der Waals surface area (Å²) in [6, 6.07) is 11.5. The number of hydrogen-bond donors (Lipinski definition) is 1. The molecule has 31 heavy (non-hydrogen) atoms. The highest BCUT2D eigenvalue weighted by molar-refractivity contribution is 7.21. The third kappa shape index (κ3) is 3.77. The Kier molecular flexibility index (Phi) is 5.33. The quantitative estimate of drug-likeness (QED) is 0.682. The number of nitrogen functional groups attached to an aromatic ring is 1. The van der Waals surface area contributed by atoms with E-state index in [9.17, 15) is 9.59 Å². The minimum absolute atomic E-state index is 0.0457. The number of benzene rings is 1. The monoisotopic (exact) mass is 436 g/mol. The Morgan fingerprint density at radius 3 is 2.61 bits per heavy atom. The molecule has 0 radical (unpaired) electrons. The molecule has 7 nitrogen and oxygen atoms in total. The van der Waals surface area contributed by atoms with E-state index in [0.29, 0.717) is 50.8 Å². The van der Waals surface area contributed by atoms with Gasteiger partial charge in [0.1, 0.15) is 5.82 Å². The van der Waals surface area contributed by atoms with Crippen molar-refractivity contribution >= 4 is 39.1 Å². The third-order valence-electron chi connectivity index (χ3n) is 6.04. The fraction of sp³-hybridized carbons (Fsp3) is 0.348. The predicted molar refractivity (Wildman–Crippen MR) is 120 cm³/mol. The number of thiophene rings is 1. The van der Waals surface area contributed by atoms with E-state index in [0.717, 1.165) is 26.9 Å².